The molecule has 0 radical (unpaired) electrons. The van der Waals surface area contributed by atoms with Crippen LogP contribution in [-0.2, 0) is 11.3 Å². The second-order valence-corrected chi connectivity index (χ2v) is 7.09. The van der Waals surface area contributed by atoms with E-state index in [1.165, 1.54) is 0 Å². The molecule has 1 aromatic heterocycles. The van der Waals surface area contributed by atoms with E-state index in [4.69, 9.17) is 9.84 Å². The van der Waals surface area contributed by atoms with Crippen molar-refractivity contribution in [2.24, 2.45) is 0 Å². The maximum atomic E-state index is 10.7. The number of hydrogen-bond acceptors (Lipinski definition) is 4. The quantitative estimate of drug-likeness (QED) is 0.706. The molecule has 2 heterocycles. The van der Waals surface area contributed by atoms with Gasteiger partial charge in [-0.3, -0.25) is 0 Å². The molecule has 2 N–H and O–H groups in total. The summed E-state index contributed by atoms with van der Waals surface area (Å²) in [6, 6.07) is 20.3. The predicted molar refractivity (Wildman–Crippen MR) is 106 cm³/mol. The second kappa shape index (κ2) is 8.05. The summed E-state index contributed by atoms with van der Waals surface area (Å²) in [6.07, 6.45) is 3.42. The van der Waals surface area contributed by atoms with Crippen LogP contribution in [0.25, 0.3) is 16.9 Å². The van der Waals surface area contributed by atoms with Gasteiger partial charge in [0.05, 0.1) is 17.0 Å². The lowest BCUT2D eigenvalue weighted by Gasteiger charge is -2.32. The number of para-hydroxylation sites is 1. The van der Waals surface area contributed by atoms with Gasteiger partial charge < -0.3 is 15.2 Å². The molecule has 3 aromatic rings. The fourth-order valence-electron chi connectivity index (χ4n) is 3.45. The molecule has 1 saturated heterocycles. The second-order valence-electron chi connectivity index (χ2n) is 7.09. The van der Waals surface area contributed by atoms with Gasteiger partial charge >= 0.3 is 0 Å². The van der Waals surface area contributed by atoms with Crippen LogP contribution in [0.5, 0.6) is 0 Å². The summed E-state index contributed by atoms with van der Waals surface area (Å²) in [5.41, 5.74) is 3.52. The maximum Gasteiger partial charge on any atom is 0.0972 e. The van der Waals surface area contributed by atoms with E-state index in [1.54, 1.807) is 0 Å². The minimum Gasteiger partial charge on any atom is -0.388 e. The number of aromatic nitrogens is 2. The average Bonchev–Trinajstić information content (AvgIpc) is 3.14. The van der Waals surface area contributed by atoms with Crippen molar-refractivity contribution in [1.82, 2.24) is 15.1 Å². The Morgan fingerprint density at radius 2 is 1.67 bits per heavy atom. The van der Waals surface area contributed by atoms with Crippen LogP contribution >= 0.6 is 0 Å². The smallest absolute Gasteiger partial charge is 0.0972 e. The van der Waals surface area contributed by atoms with Gasteiger partial charge in [-0.05, 0) is 12.1 Å². The summed E-state index contributed by atoms with van der Waals surface area (Å²) in [6.45, 7) is 2.46. The van der Waals surface area contributed by atoms with Gasteiger partial charge in [0, 0.05) is 56.5 Å². The Balaban J connectivity index is 1.56. The van der Waals surface area contributed by atoms with Crippen molar-refractivity contribution >= 4 is 0 Å². The average molecular weight is 363 g/mol. The molecule has 0 unspecified atom stereocenters. The number of nitrogens with zero attached hydrogens (tertiary/aromatic N) is 2. The normalized spacial score (nSPS) is 16.3. The first-order valence-corrected chi connectivity index (χ1v) is 9.44. The molecule has 4 rings (SSSR count). The summed E-state index contributed by atoms with van der Waals surface area (Å²) in [7, 11) is 0. The first-order valence-electron chi connectivity index (χ1n) is 9.44. The number of nitrogens with one attached hydrogen (secondary N) is 1. The Kier molecular flexibility index (Phi) is 5.34. The van der Waals surface area contributed by atoms with Crippen LogP contribution in [-0.4, -0.2) is 40.2 Å². The fraction of sp³-hybridized carbons (Fsp3) is 0.318. The molecule has 5 nitrogen and oxygen atoms in total. The third kappa shape index (κ3) is 4.27. The Labute approximate surface area is 159 Å². The van der Waals surface area contributed by atoms with Gasteiger partial charge in [0.15, 0.2) is 0 Å². The minimum atomic E-state index is -0.680. The predicted octanol–water partition coefficient (Wildman–Crippen LogP) is 3.17. The molecular weight excluding hydrogens is 338 g/mol. The summed E-state index contributed by atoms with van der Waals surface area (Å²) >= 11 is 0. The van der Waals surface area contributed by atoms with E-state index < -0.39 is 5.60 Å². The highest BCUT2D eigenvalue weighted by atomic mass is 16.5. The summed E-state index contributed by atoms with van der Waals surface area (Å²) < 4.78 is 7.28. The molecule has 1 aliphatic rings. The van der Waals surface area contributed by atoms with E-state index in [-0.39, 0.29) is 0 Å². The number of hydrogen-bond donors (Lipinski definition) is 2. The molecule has 0 spiro atoms. The van der Waals surface area contributed by atoms with Crippen LogP contribution in [0.1, 0.15) is 18.4 Å². The van der Waals surface area contributed by atoms with E-state index in [1.807, 2.05) is 53.2 Å². The largest absolute Gasteiger partial charge is 0.388 e. The van der Waals surface area contributed by atoms with Gasteiger partial charge in [-0.2, -0.15) is 5.10 Å². The maximum absolute atomic E-state index is 10.7. The first kappa shape index (κ1) is 17.9. The molecular formula is C22H25N3O2. The van der Waals surface area contributed by atoms with E-state index in [0.717, 1.165) is 22.5 Å². The van der Waals surface area contributed by atoms with Crippen molar-refractivity contribution in [2.75, 3.05) is 19.8 Å². The topological polar surface area (TPSA) is 59.3 Å². The molecule has 140 valence electrons. The lowest BCUT2D eigenvalue weighted by molar-refractivity contribution is -0.0616. The van der Waals surface area contributed by atoms with Crippen molar-refractivity contribution in [1.29, 1.82) is 0 Å². The van der Waals surface area contributed by atoms with Crippen LogP contribution in [0.4, 0.5) is 0 Å². The first-order chi connectivity index (χ1) is 13.2. The molecule has 1 aliphatic heterocycles. The zero-order valence-electron chi connectivity index (χ0n) is 15.3. The summed E-state index contributed by atoms with van der Waals surface area (Å²) in [5, 5.41) is 18.9. The van der Waals surface area contributed by atoms with Crippen LogP contribution < -0.4 is 5.32 Å². The number of ether oxygens (including phenoxy) is 1. The van der Waals surface area contributed by atoms with Crippen LogP contribution in [0, 0.1) is 0 Å². The highest BCUT2D eigenvalue weighted by Crippen LogP contribution is 2.24. The Bertz CT molecular complexity index is 856. The van der Waals surface area contributed by atoms with Gasteiger partial charge in [0.1, 0.15) is 0 Å². The molecule has 0 amide bonds. The standard InChI is InChI=1S/C22H25N3O2/c26-22(11-13-27-14-12-22)17-23-15-19-16-25(20-9-5-2-6-10-20)24-21(19)18-7-3-1-4-8-18/h1-10,16,23,26H,11-15,17H2. The zero-order valence-corrected chi connectivity index (χ0v) is 15.3. The van der Waals surface area contributed by atoms with E-state index in [2.05, 4.69) is 23.6 Å². The van der Waals surface area contributed by atoms with Gasteiger partial charge in [-0.15, -0.1) is 0 Å². The van der Waals surface area contributed by atoms with Gasteiger partial charge in [0.2, 0.25) is 0 Å². The summed E-state index contributed by atoms with van der Waals surface area (Å²) in [5.74, 6) is 0. The molecule has 1 fully saturated rings. The monoisotopic (exact) mass is 363 g/mol. The molecule has 27 heavy (non-hydrogen) atoms. The lowest BCUT2D eigenvalue weighted by atomic mass is 9.94. The number of benzene rings is 2. The van der Waals surface area contributed by atoms with Crippen molar-refractivity contribution in [3.05, 3.63) is 72.4 Å². The molecule has 0 aliphatic carbocycles. The summed E-state index contributed by atoms with van der Waals surface area (Å²) in [4.78, 5) is 0. The number of rotatable bonds is 6. The fourth-order valence-corrected chi connectivity index (χ4v) is 3.45. The molecule has 0 atom stereocenters. The van der Waals surface area contributed by atoms with Crippen molar-refractivity contribution < 1.29 is 9.84 Å². The molecule has 5 heteroatoms. The van der Waals surface area contributed by atoms with Crippen LogP contribution in [0.2, 0.25) is 0 Å². The Morgan fingerprint density at radius 3 is 2.37 bits per heavy atom. The van der Waals surface area contributed by atoms with Gasteiger partial charge in [-0.1, -0.05) is 48.5 Å². The van der Waals surface area contributed by atoms with E-state index in [9.17, 15) is 5.11 Å². The van der Waals surface area contributed by atoms with Gasteiger partial charge in [0.25, 0.3) is 0 Å². The van der Waals surface area contributed by atoms with E-state index in [0.29, 0.717) is 39.1 Å². The van der Waals surface area contributed by atoms with Gasteiger partial charge in [-0.25, -0.2) is 4.68 Å². The molecule has 0 bridgehead atoms. The SMILES string of the molecule is OC1(CNCc2cn(-c3ccccc3)nc2-c2ccccc2)CCOCC1. The molecule has 2 aromatic carbocycles. The lowest BCUT2D eigenvalue weighted by Crippen LogP contribution is -2.44. The highest BCUT2D eigenvalue weighted by Gasteiger charge is 2.29. The van der Waals surface area contributed by atoms with Crippen molar-refractivity contribution in [3.63, 3.8) is 0 Å². The Morgan fingerprint density at radius 1 is 1.00 bits per heavy atom. The highest BCUT2D eigenvalue weighted by molar-refractivity contribution is 5.63. The third-order valence-electron chi connectivity index (χ3n) is 5.05. The van der Waals surface area contributed by atoms with Crippen molar-refractivity contribution in [3.8, 4) is 16.9 Å². The Hall–Kier alpha value is -2.47. The van der Waals surface area contributed by atoms with E-state index >= 15 is 0 Å². The van der Waals surface area contributed by atoms with Crippen LogP contribution in [0.15, 0.2) is 66.9 Å². The molecule has 0 saturated carbocycles. The number of aliphatic hydroxyl groups is 1. The van der Waals surface area contributed by atoms with Crippen LogP contribution in [0.3, 0.4) is 0 Å². The third-order valence-corrected chi connectivity index (χ3v) is 5.05. The minimum absolute atomic E-state index is 0.557. The zero-order chi connectivity index (χ0) is 18.5. The van der Waals surface area contributed by atoms with Crippen molar-refractivity contribution in [2.45, 2.75) is 25.0 Å².